The third-order valence-corrected chi connectivity index (χ3v) is 4.72. The second-order valence-corrected chi connectivity index (χ2v) is 5.87. The highest BCUT2D eigenvalue weighted by Crippen LogP contribution is 2.38. The standard InChI is InChI=1S/C16H14O2S/c1-10-8-12(16(17)18)9-15-13(10)7-6-11-4-2-3-5-14(11)19-15/h2-5,8-9H,6-7H2,1H3,(H,17,18). The Morgan fingerprint density at radius 2 is 1.95 bits per heavy atom. The molecular formula is C16H14O2S. The fraction of sp³-hybridized carbons (Fsp3) is 0.188. The van der Waals surface area contributed by atoms with Gasteiger partial charge >= 0.3 is 5.97 Å². The van der Waals surface area contributed by atoms with E-state index < -0.39 is 5.97 Å². The molecule has 1 N–H and O–H groups in total. The van der Waals surface area contributed by atoms with Crippen LogP contribution in [0.3, 0.4) is 0 Å². The molecule has 3 rings (SSSR count). The molecule has 0 aromatic heterocycles. The zero-order valence-electron chi connectivity index (χ0n) is 10.6. The molecular weight excluding hydrogens is 256 g/mol. The molecule has 0 saturated carbocycles. The Kier molecular flexibility index (Phi) is 3.07. The van der Waals surface area contributed by atoms with Gasteiger partial charge in [0.05, 0.1) is 5.56 Å². The van der Waals surface area contributed by atoms with Gasteiger partial charge < -0.3 is 5.11 Å². The fourth-order valence-electron chi connectivity index (χ4n) is 2.51. The molecule has 0 radical (unpaired) electrons. The van der Waals surface area contributed by atoms with E-state index >= 15 is 0 Å². The lowest BCUT2D eigenvalue weighted by atomic mass is 9.99. The van der Waals surface area contributed by atoms with Crippen molar-refractivity contribution < 1.29 is 9.90 Å². The predicted molar refractivity (Wildman–Crippen MR) is 76.1 cm³/mol. The Bertz CT molecular complexity index is 662. The van der Waals surface area contributed by atoms with Crippen molar-refractivity contribution in [2.45, 2.75) is 29.6 Å². The number of benzene rings is 2. The first-order valence-corrected chi connectivity index (χ1v) is 7.09. The van der Waals surface area contributed by atoms with Crippen molar-refractivity contribution in [1.29, 1.82) is 0 Å². The highest BCUT2D eigenvalue weighted by molar-refractivity contribution is 7.99. The number of hydrogen-bond donors (Lipinski definition) is 1. The molecule has 1 heterocycles. The minimum absolute atomic E-state index is 0.378. The minimum Gasteiger partial charge on any atom is -0.478 e. The van der Waals surface area contributed by atoms with Crippen molar-refractivity contribution >= 4 is 17.7 Å². The van der Waals surface area contributed by atoms with Crippen molar-refractivity contribution in [3.05, 3.63) is 58.7 Å². The molecule has 1 aliphatic heterocycles. The Hall–Kier alpha value is -1.74. The van der Waals surface area contributed by atoms with Crippen LogP contribution in [0.1, 0.15) is 27.0 Å². The Morgan fingerprint density at radius 1 is 1.16 bits per heavy atom. The molecule has 1 aliphatic rings. The number of carboxylic acid groups (broad SMARTS) is 1. The van der Waals surface area contributed by atoms with Crippen LogP contribution >= 0.6 is 11.8 Å². The summed E-state index contributed by atoms with van der Waals surface area (Å²) < 4.78 is 0. The summed E-state index contributed by atoms with van der Waals surface area (Å²) in [5.41, 5.74) is 4.09. The van der Waals surface area contributed by atoms with Crippen LogP contribution in [-0.4, -0.2) is 11.1 Å². The maximum atomic E-state index is 11.2. The number of rotatable bonds is 1. The quantitative estimate of drug-likeness (QED) is 0.852. The van der Waals surface area contributed by atoms with Gasteiger partial charge in [-0.25, -0.2) is 4.79 Å². The molecule has 2 aromatic rings. The van der Waals surface area contributed by atoms with Crippen molar-refractivity contribution in [3.8, 4) is 0 Å². The van der Waals surface area contributed by atoms with Gasteiger partial charge in [0.1, 0.15) is 0 Å². The molecule has 0 saturated heterocycles. The van der Waals surface area contributed by atoms with Crippen molar-refractivity contribution in [3.63, 3.8) is 0 Å². The molecule has 0 bridgehead atoms. The summed E-state index contributed by atoms with van der Waals surface area (Å²) in [5, 5.41) is 9.17. The molecule has 96 valence electrons. The predicted octanol–water partition coefficient (Wildman–Crippen LogP) is 3.94. The van der Waals surface area contributed by atoms with Crippen LogP contribution in [0, 0.1) is 6.92 Å². The third kappa shape index (κ3) is 2.26. The molecule has 0 fully saturated rings. The average molecular weight is 270 g/mol. The highest BCUT2D eigenvalue weighted by Gasteiger charge is 2.17. The van der Waals surface area contributed by atoms with E-state index in [9.17, 15) is 4.79 Å². The van der Waals surface area contributed by atoms with Crippen LogP contribution in [0.25, 0.3) is 0 Å². The maximum Gasteiger partial charge on any atom is 0.335 e. The van der Waals surface area contributed by atoms with Crippen LogP contribution in [0.4, 0.5) is 0 Å². The fourth-order valence-corrected chi connectivity index (χ4v) is 3.76. The van der Waals surface area contributed by atoms with E-state index in [1.807, 2.05) is 13.0 Å². The van der Waals surface area contributed by atoms with E-state index in [0.717, 1.165) is 23.3 Å². The van der Waals surface area contributed by atoms with E-state index in [1.54, 1.807) is 23.9 Å². The van der Waals surface area contributed by atoms with Gasteiger partial charge in [-0.3, -0.25) is 0 Å². The van der Waals surface area contributed by atoms with Crippen molar-refractivity contribution in [1.82, 2.24) is 0 Å². The van der Waals surface area contributed by atoms with E-state index in [0.29, 0.717) is 5.56 Å². The van der Waals surface area contributed by atoms with Gasteiger partial charge in [0.2, 0.25) is 0 Å². The van der Waals surface area contributed by atoms with Crippen LogP contribution in [0.2, 0.25) is 0 Å². The summed E-state index contributed by atoms with van der Waals surface area (Å²) >= 11 is 1.69. The van der Waals surface area contributed by atoms with Gasteiger partial charge in [0, 0.05) is 9.79 Å². The summed E-state index contributed by atoms with van der Waals surface area (Å²) in [4.78, 5) is 13.5. The largest absolute Gasteiger partial charge is 0.478 e. The molecule has 0 amide bonds. The van der Waals surface area contributed by atoms with Crippen LogP contribution < -0.4 is 0 Å². The summed E-state index contributed by atoms with van der Waals surface area (Å²) in [6, 6.07) is 11.9. The van der Waals surface area contributed by atoms with Crippen LogP contribution in [0.5, 0.6) is 0 Å². The summed E-state index contributed by atoms with van der Waals surface area (Å²) in [5.74, 6) is -0.857. The minimum atomic E-state index is -0.857. The van der Waals surface area contributed by atoms with Gasteiger partial charge in [-0.15, -0.1) is 0 Å². The van der Waals surface area contributed by atoms with Gasteiger partial charge in [-0.2, -0.15) is 0 Å². The van der Waals surface area contributed by atoms with Gasteiger partial charge in [-0.1, -0.05) is 30.0 Å². The molecule has 3 heteroatoms. The zero-order chi connectivity index (χ0) is 13.4. The normalized spacial score (nSPS) is 13.3. The molecule has 0 atom stereocenters. The average Bonchev–Trinajstić information content (AvgIpc) is 2.57. The maximum absolute atomic E-state index is 11.2. The third-order valence-electron chi connectivity index (χ3n) is 3.52. The Balaban J connectivity index is 2.13. The van der Waals surface area contributed by atoms with E-state index in [1.165, 1.54) is 16.0 Å². The molecule has 0 unspecified atom stereocenters. The number of carboxylic acids is 1. The lowest BCUT2D eigenvalue weighted by molar-refractivity contribution is 0.0696. The monoisotopic (exact) mass is 270 g/mol. The van der Waals surface area contributed by atoms with Crippen LogP contribution in [0.15, 0.2) is 46.2 Å². The Labute approximate surface area is 116 Å². The Morgan fingerprint density at radius 3 is 2.74 bits per heavy atom. The van der Waals surface area contributed by atoms with E-state index in [4.69, 9.17) is 5.11 Å². The first-order valence-electron chi connectivity index (χ1n) is 6.28. The van der Waals surface area contributed by atoms with Crippen LogP contribution in [-0.2, 0) is 12.8 Å². The second kappa shape index (κ2) is 4.74. The van der Waals surface area contributed by atoms with E-state index in [2.05, 4.69) is 18.2 Å². The number of aryl methyl sites for hydroxylation is 2. The smallest absolute Gasteiger partial charge is 0.335 e. The van der Waals surface area contributed by atoms with Crippen molar-refractivity contribution in [2.24, 2.45) is 0 Å². The van der Waals surface area contributed by atoms with Crippen molar-refractivity contribution in [2.75, 3.05) is 0 Å². The molecule has 19 heavy (non-hydrogen) atoms. The number of carbonyl (C=O) groups is 1. The van der Waals surface area contributed by atoms with Gasteiger partial charge in [0.25, 0.3) is 0 Å². The lowest BCUT2D eigenvalue weighted by Crippen LogP contribution is -2.01. The summed E-state index contributed by atoms with van der Waals surface area (Å²) in [6.07, 6.45) is 1.99. The number of hydrogen-bond acceptors (Lipinski definition) is 2. The first kappa shape index (κ1) is 12.3. The topological polar surface area (TPSA) is 37.3 Å². The highest BCUT2D eigenvalue weighted by atomic mass is 32.2. The molecule has 0 spiro atoms. The second-order valence-electron chi connectivity index (χ2n) is 4.78. The van der Waals surface area contributed by atoms with E-state index in [-0.39, 0.29) is 0 Å². The van der Waals surface area contributed by atoms with Gasteiger partial charge in [-0.05, 0) is 54.7 Å². The molecule has 0 aliphatic carbocycles. The summed E-state index contributed by atoms with van der Waals surface area (Å²) in [6.45, 7) is 2.00. The van der Waals surface area contributed by atoms with Gasteiger partial charge in [0.15, 0.2) is 0 Å². The lowest BCUT2D eigenvalue weighted by Gasteiger charge is -2.10. The molecule has 2 nitrogen and oxygen atoms in total. The summed E-state index contributed by atoms with van der Waals surface area (Å²) in [7, 11) is 0. The zero-order valence-corrected chi connectivity index (χ0v) is 11.5. The number of aromatic carboxylic acids is 1. The number of fused-ring (bicyclic) bond motifs is 2. The molecule has 2 aromatic carbocycles. The first-order chi connectivity index (χ1) is 9.15. The SMILES string of the molecule is Cc1cc(C(=O)O)cc2c1CCc1ccccc1S2.